The Morgan fingerprint density at radius 1 is 1.50 bits per heavy atom. The van der Waals surface area contributed by atoms with Crippen LogP contribution in [-0.4, -0.2) is 59.5 Å². The van der Waals surface area contributed by atoms with Crippen LogP contribution in [0.25, 0.3) is 11.0 Å². The zero-order chi connectivity index (χ0) is 16.1. The average molecular weight is 422 g/mol. The van der Waals surface area contributed by atoms with Gasteiger partial charge in [-0.25, -0.2) is 9.97 Å². The van der Waals surface area contributed by atoms with Gasteiger partial charge in [-0.1, -0.05) is 0 Å². The predicted octanol–water partition coefficient (Wildman–Crippen LogP) is -0.161. The second kappa shape index (κ2) is 5.54. The molecule has 1 fully saturated rings. The Morgan fingerprint density at radius 2 is 2.23 bits per heavy atom. The van der Waals surface area contributed by atoms with Crippen molar-refractivity contribution in [2.45, 2.75) is 31.0 Å². The molecule has 0 aliphatic carbocycles. The number of rotatable bonds is 3. The number of halogens is 1. The van der Waals surface area contributed by atoms with Crippen LogP contribution in [0.4, 0.5) is 5.82 Å². The van der Waals surface area contributed by atoms with E-state index in [0.29, 0.717) is 11.0 Å². The third-order valence-electron chi connectivity index (χ3n) is 3.86. The SMILES string of the molecule is CC1(O)[C@H](O)[C@@H](CO)O[C@H]1n1cc(I)c2c(NO)ncnc21. The first-order valence-corrected chi connectivity index (χ1v) is 7.57. The van der Waals surface area contributed by atoms with Gasteiger partial charge in [0.15, 0.2) is 12.0 Å². The summed E-state index contributed by atoms with van der Waals surface area (Å²) in [6.45, 7) is 1.02. The second-order valence-electron chi connectivity index (χ2n) is 5.30. The van der Waals surface area contributed by atoms with E-state index in [1.807, 2.05) is 28.1 Å². The maximum absolute atomic E-state index is 10.6. The van der Waals surface area contributed by atoms with Crippen LogP contribution in [0.5, 0.6) is 0 Å². The van der Waals surface area contributed by atoms with Gasteiger partial charge in [-0.2, -0.15) is 0 Å². The molecule has 0 bridgehead atoms. The Balaban J connectivity index is 2.15. The van der Waals surface area contributed by atoms with E-state index in [1.54, 1.807) is 10.8 Å². The number of hydrogen-bond acceptors (Lipinski definition) is 8. The molecule has 1 aliphatic rings. The van der Waals surface area contributed by atoms with Gasteiger partial charge in [0.1, 0.15) is 29.8 Å². The highest BCUT2D eigenvalue weighted by Crippen LogP contribution is 2.41. The lowest BCUT2D eigenvalue weighted by atomic mass is 9.96. The molecule has 0 aromatic carbocycles. The molecular formula is C12H15IN4O5. The molecule has 120 valence electrons. The number of ether oxygens (including phenoxy) is 1. The third kappa shape index (κ3) is 2.18. The second-order valence-corrected chi connectivity index (χ2v) is 6.46. The molecule has 3 heterocycles. The molecule has 0 saturated carbocycles. The van der Waals surface area contributed by atoms with Crippen LogP contribution in [0.15, 0.2) is 12.5 Å². The van der Waals surface area contributed by atoms with E-state index >= 15 is 0 Å². The van der Waals surface area contributed by atoms with Crippen molar-refractivity contribution in [1.82, 2.24) is 14.5 Å². The largest absolute Gasteiger partial charge is 0.394 e. The lowest BCUT2D eigenvalue weighted by molar-refractivity contribution is -0.0948. The minimum Gasteiger partial charge on any atom is -0.394 e. The lowest BCUT2D eigenvalue weighted by Gasteiger charge is -2.27. The van der Waals surface area contributed by atoms with Crippen molar-refractivity contribution in [3.63, 3.8) is 0 Å². The minimum atomic E-state index is -1.61. The van der Waals surface area contributed by atoms with Crippen LogP contribution < -0.4 is 5.48 Å². The Morgan fingerprint density at radius 3 is 2.82 bits per heavy atom. The summed E-state index contributed by atoms with van der Waals surface area (Å²) in [5.74, 6) is 0.227. The summed E-state index contributed by atoms with van der Waals surface area (Å²) in [5.41, 5.74) is 0.814. The van der Waals surface area contributed by atoms with Crippen molar-refractivity contribution in [2.75, 3.05) is 12.1 Å². The molecule has 2 aromatic heterocycles. The third-order valence-corrected chi connectivity index (χ3v) is 4.67. The molecule has 0 spiro atoms. The number of aliphatic hydroxyl groups excluding tert-OH is 2. The van der Waals surface area contributed by atoms with Crippen LogP contribution in [0, 0.1) is 3.57 Å². The molecule has 9 nitrogen and oxygen atoms in total. The maximum atomic E-state index is 10.6. The summed E-state index contributed by atoms with van der Waals surface area (Å²) in [5, 5.41) is 39.6. The molecule has 1 saturated heterocycles. The van der Waals surface area contributed by atoms with Gasteiger partial charge in [-0.05, 0) is 29.5 Å². The smallest absolute Gasteiger partial charge is 0.167 e. The fraction of sp³-hybridized carbons (Fsp3) is 0.500. The molecular weight excluding hydrogens is 407 g/mol. The summed E-state index contributed by atoms with van der Waals surface area (Å²) < 4.78 is 7.87. The van der Waals surface area contributed by atoms with Crippen LogP contribution in [0.3, 0.4) is 0 Å². The predicted molar refractivity (Wildman–Crippen MR) is 83.3 cm³/mol. The summed E-state index contributed by atoms with van der Waals surface area (Å²) in [7, 11) is 0. The summed E-state index contributed by atoms with van der Waals surface area (Å²) in [4.78, 5) is 8.08. The first-order chi connectivity index (χ1) is 10.4. The van der Waals surface area contributed by atoms with Crippen molar-refractivity contribution < 1.29 is 25.3 Å². The van der Waals surface area contributed by atoms with E-state index in [1.165, 1.54) is 13.3 Å². The molecule has 3 rings (SSSR count). The normalized spacial score (nSPS) is 31.8. The van der Waals surface area contributed by atoms with Crippen molar-refractivity contribution in [1.29, 1.82) is 0 Å². The Hall–Kier alpha value is -1.05. The van der Waals surface area contributed by atoms with E-state index in [9.17, 15) is 15.3 Å². The number of aliphatic hydroxyl groups is 3. The highest BCUT2D eigenvalue weighted by atomic mass is 127. The number of nitrogens with one attached hydrogen (secondary N) is 1. The maximum Gasteiger partial charge on any atom is 0.167 e. The van der Waals surface area contributed by atoms with Gasteiger partial charge in [-0.15, -0.1) is 0 Å². The quantitative estimate of drug-likeness (QED) is 0.341. The van der Waals surface area contributed by atoms with E-state index in [4.69, 9.17) is 9.94 Å². The van der Waals surface area contributed by atoms with Crippen LogP contribution in [0.2, 0.25) is 0 Å². The van der Waals surface area contributed by atoms with Gasteiger partial charge in [0.25, 0.3) is 0 Å². The topological polar surface area (TPSA) is 133 Å². The summed E-state index contributed by atoms with van der Waals surface area (Å²) >= 11 is 2.04. The standard InChI is InChI=1S/C12H15IN4O5/c1-12(20)8(19)6(3-18)22-11(12)17-2-5(13)7-9(16-21)14-4-15-10(7)17/h2,4,6,8,11,18-21H,3H2,1H3,(H,14,15,16)/t6-,8-,11-,12?/m1/s1. The molecule has 5 N–H and O–H groups in total. The van der Waals surface area contributed by atoms with E-state index in [0.717, 1.165) is 3.57 Å². The number of anilines is 1. The number of hydrogen-bond donors (Lipinski definition) is 5. The number of nitrogens with zero attached hydrogens (tertiary/aromatic N) is 3. The van der Waals surface area contributed by atoms with Gasteiger partial charge in [0.2, 0.25) is 0 Å². The highest BCUT2D eigenvalue weighted by Gasteiger charge is 2.53. The van der Waals surface area contributed by atoms with Gasteiger partial charge in [0, 0.05) is 9.77 Å². The Bertz CT molecular complexity index is 706. The van der Waals surface area contributed by atoms with Crippen molar-refractivity contribution in [3.05, 3.63) is 16.1 Å². The molecule has 22 heavy (non-hydrogen) atoms. The molecule has 1 unspecified atom stereocenters. The van der Waals surface area contributed by atoms with Gasteiger partial charge in [0.05, 0.1) is 12.0 Å². The van der Waals surface area contributed by atoms with Gasteiger partial charge < -0.3 is 24.6 Å². The fourth-order valence-electron chi connectivity index (χ4n) is 2.69. The minimum absolute atomic E-state index is 0.227. The van der Waals surface area contributed by atoms with Crippen LogP contribution in [-0.2, 0) is 4.74 Å². The lowest BCUT2D eigenvalue weighted by Crippen LogP contribution is -2.44. The first kappa shape index (κ1) is 15.8. The Labute approximate surface area is 138 Å². The zero-order valence-electron chi connectivity index (χ0n) is 11.5. The summed E-state index contributed by atoms with van der Waals surface area (Å²) in [6.07, 6.45) is -0.141. The van der Waals surface area contributed by atoms with Crippen molar-refractivity contribution in [2.24, 2.45) is 0 Å². The Kier molecular flexibility index (Phi) is 3.99. The van der Waals surface area contributed by atoms with E-state index < -0.39 is 30.6 Å². The monoisotopic (exact) mass is 422 g/mol. The van der Waals surface area contributed by atoms with Gasteiger partial charge >= 0.3 is 0 Å². The van der Waals surface area contributed by atoms with Crippen LogP contribution in [0.1, 0.15) is 13.2 Å². The van der Waals surface area contributed by atoms with Crippen molar-refractivity contribution >= 4 is 39.4 Å². The number of aromatic nitrogens is 3. The fourth-order valence-corrected chi connectivity index (χ4v) is 3.49. The molecule has 0 radical (unpaired) electrons. The highest BCUT2D eigenvalue weighted by molar-refractivity contribution is 14.1. The molecule has 10 heteroatoms. The number of fused-ring (bicyclic) bond motifs is 1. The van der Waals surface area contributed by atoms with Gasteiger partial charge in [-0.3, -0.25) is 10.7 Å². The average Bonchev–Trinajstić information content (AvgIpc) is 2.95. The molecule has 1 aliphatic heterocycles. The molecule has 2 aromatic rings. The summed E-state index contributed by atoms with van der Waals surface area (Å²) in [6, 6.07) is 0. The van der Waals surface area contributed by atoms with E-state index in [2.05, 4.69) is 9.97 Å². The first-order valence-electron chi connectivity index (χ1n) is 6.49. The zero-order valence-corrected chi connectivity index (χ0v) is 13.7. The van der Waals surface area contributed by atoms with Crippen molar-refractivity contribution in [3.8, 4) is 0 Å². The molecule has 0 amide bonds. The van der Waals surface area contributed by atoms with Crippen LogP contribution >= 0.6 is 22.6 Å². The van der Waals surface area contributed by atoms with E-state index in [-0.39, 0.29) is 5.82 Å². The molecule has 4 atom stereocenters.